The van der Waals surface area contributed by atoms with E-state index in [-0.39, 0.29) is 17.1 Å². The molecule has 0 spiro atoms. The van der Waals surface area contributed by atoms with Crippen LogP contribution in [-0.2, 0) is 18.8 Å². The number of hydrogen-bond acceptors (Lipinski definition) is 8. The lowest BCUT2D eigenvalue weighted by Crippen LogP contribution is -2.35. The number of aromatic nitrogens is 4. The third-order valence-electron chi connectivity index (χ3n) is 4.11. The highest BCUT2D eigenvalue weighted by atomic mass is 16.6. The number of aliphatic hydroxyl groups excluding tert-OH is 3. The van der Waals surface area contributed by atoms with Gasteiger partial charge in [-0.25, -0.2) is 9.36 Å². The second-order valence-corrected chi connectivity index (χ2v) is 5.45. The van der Waals surface area contributed by atoms with E-state index < -0.39 is 42.4 Å². The summed E-state index contributed by atoms with van der Waals surface area (Å²) in [4.78, 5) is 28.8. The van der Waals surface area contributed by atoms with Crippen molar-refractivity contribution in [3.05, 3.63) is 20.8 Å². The Balaban J connectivity index is 2.30. The smallest absolute Gasteiger partial charge is 0.332 e. The summed E-state index contributed by atoms with van der Waals surface area (Å²) >= 11 is 0. The monoisotopic (exact) mass is 327 g/mol. The van der Waals surface area contributed by atoms with Crippen LogP contribution < -0.4 is 17.0 Å². The van der Waals surface area contributed by atoms with Crippen molar-refractivity contribution < 1.29 is 20.1 Å². The fourth-order valence-corrected chi connectivity index (χ4v) is 2.73. The molecule has 1 aliphatic rings. The van der Waals surface area contributed by atoms with Crippen molar-refractivity contribution in [2.45, 2.75) is 24.5 Å². The Morgan fingerprint density at radius 3 is 2.43 bits per heavy atom. The Hall–Kier alpha value is -2.21. The minimum Gasteiger partial charge on any atom is -0.394 e. The lowest BCUT2D eigenvalue weighted by Gasteiger charge is -2.15. The molecule has 11 nitrogen and oxygen atoms in total. The van der Waals surface area contributed by atoms with Gasteiger partial charge in [0.15, 0.2) is 17.4 Å². The van der Waals surface area contributed by atoms with Crippen LogP contribution in [0.1, 0.15) is 6.23 Å². The maximum absolute atomic E-state index is 12.5. The predicted molar refractivity (Wildman–Crippen MR) is 77.6 cm³/mol. The first-order chi connectivity index (χ1) is 10.8. The van der Waals surface area contributed by atoms with Gasteiger partial charge in [-0.3, -0.25) is 13.9 Å². The highest BCUT2D eigenvalue weighted by molar-refractivity contribution is 5.72. The van der Waals surface area contributed by atoms with Crippen molar-refractivity contribution >= 4 is 17.1 Å². The van der Waals surface area contributed by atoms with Gasteiger partial charge in [0.2, 0.25) is 5.95 Å². The number of aliphatic hydroxyl groups is 3. The van der Waals surface area contributed by atoms with Crippen molar-refractivity contribution in [1.29, 1.82) is 0 Å². The zero-order valence-electron chi connectivity index (χ0n) is 12.4. The molecule has 0 unspecified atom stereocenters. The molecule has 1 aliphatic heterocycles. The van der Waals surface area contributed by atoms with E-state index >= 15 is 0 Å². The zero-order chi connectivity index (χ0) is 17.0. The lowest BCUT2D eigenvalue weighted by atomic mass is 10.1. The summed E-state index contributed by atoms with van der Waals surface area (Å²) in [6, 6.07) is 0. The van der Waals surface area contributed by atoms with Crippen LogP contribution in [0.3, 0.4) is 0 Å². The number of imidazole rings is 1. The Bertz CT molecular complexity index is 883. The van der Waals surface area contributed by atoms with Crippen LogP contribution in [0.25, 0.3) is 11.2 Å². The van der Waals surface area contributed by atoms with Crippen LogP contribution in [0, 0.1) is 0 Å². The molecule has 0 saturated carbocycles. The van der Waals surface area contributed by atoms with E-state index in [4.69, 9.17) is 15.6 Å². The van der Waals surface area contributed by atoms with Gasteiger partial charge in [-0.15, -0.1) is 0 Å². The number of nitrogens with zero attached hydrogens (tertiary/aromatic N) is 4. The number of rotatable bonds is 2. The quantitative estimate of drug-likeness (QED) is 0.445. The molecule has 1 saturated heterocycles. The summed E-state index contributed by atoms with van der Waals surface area (Å²) in [6.07, 6.45) is -5.20. The van der Waals surface area contributed by atoms with E-state index in [1.807, 2.05) is 0 Å². The summed E-state index contributed by atoms with van der Waals surface area (Å²) in [6.45, 7) is -0.536. The van der Waals surface area contributed by atoms with Crippen LogP contribution in [0.4, 0.5) is 5.95 Å². The molecule has 0 radical (unpaired) electrons. The second kappa shape index (κ2) is 5.16. The van der Waals surface area contributed by atoms with Crippen molar-refractivity contribution in [3.8, 4) is 0 Å². The Labute approximate surface area is 128 Å². The SMILES string of the molecule is Cn1c(N)nc2c(c1=O)n(C)c(=O)n2[C@@H]1O[C@H](CO)[C@@H](O)[C@H]1O. The summed E-state index contributed by atoms with van der Waals surface area (Å²) in [5, 5.41) is 29.1. The number of hydrogen-bond donors (Lipinski definition) is 4. The molecule has 0 aromatic carbocycles. The van der Waals surface area contributed by atoms with Gasteiger partial charge in [0, 0.05) is 14.1 Å². The first-order valence-corrected chi connectivity index (χ1v) is 6.85. The fraction of sp³-hybridized carbons (Fsp3) is 0.583. The van der Waals surface area contributed by atoms with Crippen molar-refractivity contribution in [2.24, 2.45) is 14.1 Å². The molecule has 2 aromatic heterocycles. The molecule has 0 amide bonds. The van der Waals surface area contributed by atoms with Crippen LogP contribution in [0.2, 0.25) is 0 Å². The van der Waals surface area contributed by atoms with Crippen LogP contribution >= 0.6 is 0 Å². The van der Waals surface area contributed by atoms with Crippen LogP contribution in [0.5, 0.6) is 0 Å². The maximum atomic E-state index is 12.5. The Morgan fingerprint density at radius 2 is 1.87 bits per heavy atom. The third-order valence-corrected chi connectivity index (χ3v) is 4.11. The topological polar surface area (TPSA) is 158 Å². The fourth-order valence-electron chi connectivity index (χ4n) is 2.73. The van der Waals surface area contributed by atoms with Gasteiger partial charge in [0.1, 0.15) is 18.3 Å². The highest BCUT2D eigenvalue weighted by Gasteiger charge is 2.45. The first-order valence-electron chi connectivity index (χ1n) is 6.85. The van der Waals surface area contributed by atoms with Gasteiger partial charge in [-0.2, -0.15) is 4.98 Å². The minimum atomic E-state index is -1.47. The number of fused-ring (bicyclic) bond motifs is 1. The molecular weight excluding hydrogens is 310 g/mol. The number of anilines is 1. The minimum absolute atomic E-state index is 0.00978. The molecule has 1 fully saturated rings. The Kier molecular flexibility index (Phi) is 3.52. The van der Waals surface area contributed by atoms with Crippen molar-refractivity contribution in [1.82, 2.24) is 18.7 Å². The summed E-state index contributed by atoms with van der Waals surface area (Å²) < 4.78 is 8.45. The number of ether oxygens (including phenoxy) is 1. The highest BCUT2D eigenvalue weighted by Crippen LogP contribution is 2.30. The van der Waals surface area contributed by atoms with Gasteiger partial charge < -0.3 is 25.8 Å². The number of nitrogen functional groups attached to an aromatic ring is 1. The standard InChI is InChI=1S/C12H17N5O6/c1-15-5-8(14-11(13)16(2)9(5)21)17(12(15)22)10-7(20)6(19)4(3-18)23-10/h4,6-7,10,18-20H,3H2,1-2H3,(H2,13,14)/t4-,6-,7-,10-/m1/s1. The lowest BCUT2D eigenvalue weighted by molar-refractivity contribution is -0.0527. The molecule has 126 valence electrons. The van der Waals surface area contributed by atoms with Gasteiger partial charge >= 0.3 is 5.69 Å². The largest absolute Gasteiger partial charge is 0.394 e. The van der Waals surface area contributed by atoms with E-state index in [0.29, 0.717) is 0 Å². The van der Waals surface area contributed by atoms with Gasteiger partial charge in [-0.05, 0) is 0 Å². The molecule has 23 heavy (non-hydrogen) atoms. The van der Waals surface area contributed by atoms with Crippen LogP contribution in [-0.4, -0.2) is 58.9 Å². The van der Waals surface area contributed by atoms with Crippen molar-refractivity contribution in [2.75, 3.05) is 12.3 Å². The average Bonchev–Trinajstić information content (AvgIpc) is 2.93. The molecule has 11 heteroatoms. The number of nitrogens with two attached hydrogens (primary N) is 1. The molecule has 3 heterocycles. The average molecular weight is 327 g/mol. The van der Waals surface area contributed by atoms with Gasteiger partial charge in [0.05, 0.1) is 6.61 Å². The zero-order valence-corrected chi connectivity index (χ0v) is 12.4. The van der Waals surface area contributed by atoms with E-state index in [1.54, 1.807) is 0 Å². The molecule has 3 rings (SSSR count). The molecular formula is C12H17N5O6. The predicted octanol–water partition coefficient (Wildman–Crippen LogP) is -3.37. The van der Waals surface area contributed by atoms with Gasteiger partial charge in [0.25, 0.3) is 5.56 Å². The number of aryl methyl sites for hydroxylation is 1. The van der Waals surface area contributed by atoms with Crippen molar-refractivity contribution in [3.63, 3.8) is 0 Å². The molecule has 4 atom stereocenters. The van der Waals surface area contributed by atoms with E-state index in [9.17, 15) is 19.8 Å². The Morgan fingerprint density at radius 1 is 1.22 bits per heavy atom. The maximum Gasteiger partial charge on any atom is 0.332 e. The molecule has 5 N–H and O–H groups in total. The summed E-state index contributed by atoms with van der Waals surface area (Å²) in [5.41, 5.74) is 4.40. The molecule has 0 bridgehead atoms. The van der Waals surface area contributed by atoms with E-state index in [0.717, 1.165) is 13.7 Å². The van der Waals surface area contributed by atoms with Crippen LogP contribution in [0.15, 0.2) is 9.59 Å². The normalized spacial score (nSPS) is 27.9. The molecule has 2 aromatic rings. The molecule has 0 aliphatic carbocycles. The van der Waals surface area contributed by atoms with E-state index in [2.05, 4.69) is 4.98 Å². The van der Waals surface area contributed by atoms with Gasteiger partial charge in [-0.1, -0.05) is 0 Å². The third kappa shape index (κ3) is 2.01. The van der Waals surface area contributed by atoms with E-state index in [1.165, 1.54) is 14.1 Å². The summed E-state index contributed by atoms with van der Waals surface area (Å²) in [7, 11) is 2.79. The summed E-state index contributed by atoms with van der Waals surface area (Å²) in [5.74, 6) is -0.117. The first kappa shape index (κ1) is 15.7. The second-order valence-electron chi connectivity index (χ2n) is 5.45.